The van der Waals surface area contributed by atoms with Crippen LogP contribution in [-0.4, -0.2) is 21.9 Å². The zero-order valence-electron chi connectivity index (χ0n) is 16.5. The second-order valence-corrected chi connectivity index (χ2v) is 7.77. The van der Waals surface area contributed by atoms with Crippen LogP contribution in [0.15, 0.2) is 54.6 Å². The number of benzene rings is 2. The molecule has 0 saturated carbocycles. The third-order valence-corrected chi connectivity index (χ3v) is 5.52. The number of nitrogens with one attached hydrogen (secondary N) is 2. The zero-order valence-corrected chi connectivity index (χ0v) is 17.3. The third-order valence-electron chi connectivity index (χ3n) is 5.16. The first kappa shape index (κ1) is 23.0. The number of carbonyl (C=O) groups is 1. The summed E-state index contributed by atoms with van der Waals surface area (Å²) in [5.41, 5.74) is -1.16. The topological polar surface area (TPSA) is 59.0 Å². The third kappa shape index (κ3) is 4.63. The fourth-order valence-electron chi connectivity index (χ4n) is 3.60. The molecule has 33 heavy (non-hydrogen) atoms. The van der Waals surface area contributed by atoms with Crippen molar-refractivity contribution in [2.75, 3.05) is 10.6 Å². The molecule has 12 heteroatoms. The summed E-state index contributed by atoms with van der Waals surface area (Å²) in [5.74, 6) is -1.24. The number of carbonyl (C=O) groups excluding carboxylic acids is 1. The summed E-state index contributed by atoms with van der Waals surface area (Å²) in [7, 11) is 0. The smallest absolute Gasteiger partial charge is 0.362 e. The van der Waals surface area contributed by atoms with E-state index in [4.69, 9.17) is 11.6 Å². The highest BCUT2D eigenvalue weighted by Crippen LogP contribution is 2.46. The van der Waals surface area contributed by atoms with Gasteiger partial charge in [0.2, 0.25) is 0 Å². The predicted octanol–water partition coefficient (Wildman–Crippen LogP) is 6.47. The van der Waals surface area contributed by atoms with Crippen molar-refractivity contribution in [1.29, 1.82) is 0 Å². The first-order valence-corrected chi connectivity index (χ1v) is 9.97. The van der Waals surface area contributed by atoms with Gasteiger partial charge in [-0.25, -0.2) is 4.68 Å². The van der Waals surface area contributed by atoms with E-state index in [-0.39, 0.29) is 16.5 Å². The molecule has 1 aromatic heterocycles. The minimum atomic E-state index is -4.69. The van der Waals surface area contributed by atoms with Crippen LogP contribution in [0.4, 0.5) is 37.8 Å². The first-order valence-electron chi connectivity index (χ1n) is 9.60. The van der Waals surface area contributed by atoms with Crippen molar-refractivity contribution in [2.45, 2.75) is 30.9 Å². The molecule has 0 bridgehead atoms. The molecule has 3 aromatic rings. The molecule has 0 unspecified atom stereocenters. The molecule has 0 aliphatic carbocycles. The van der Waals surface area contributed by atoms with Crippen molar-refractivity contribution < 1.29 is 31.1 Å². The summed E-state index contributed by atoms with van der Waals surface area (Å²) in [5, 5.41) is 8.50. The van der Waals surface area contributed by atoms with Gasteiger partial charge in [0.1, 0.15) is 10.8 Å². The summed E-state index contributed by atoms with van der Waals surface area (Å²) in [6.45, 7) is 0. The second-order valence-electron chi connectivity index (χ2n) is 7.39. The number of rotatable bonds is 3. The minimum Gasteiger partial charge on any atom is -0.362 e. The molecule has 0 spiro atoms. The van der Waals surface area contributed by atoms with Gasteiger partial charge in [-0.15, -0.1) is 0 Å². The van der Waals surface area contributed by atoms with Crippen LogP contribution in [0.2, 0.25) is 5.02 Å². The summed E-state index contributed by atoms with van der Waals surface area (Å²) in [6, 6.07) is 9.40. The lowest BCUT2D eigenvalue weighted by atomic mass is 9.97. The molecule has 0 saturated heterocycles. The maximum absolute atomic E-state index is 13.8. The van der Waals surface area contributed by atoms with Crippen LogP contribution in [0.1, 0.15) is 40.1 Å². The minimum absolute atomic E-state index is 0.201. The summed E-state index contributed by atoms with van der Waals surface area (Å²) in [4.78, 5) is 12.7. The molecule has 2 N–H and O–H groups in total. The van der Waals surface area contributed by atoms with Crippen LogP contribution in [0.5, 0.6) is 0 Å². The van der Waals surface area contributed by atoms with E-state index < -0.39 is 48.0 Å². The van der Waals surface area contributed by atoms with E-state index in [2.05, 4.69) is 15.7 Å². The van der Waals surface area contributed by atoms with Crippen molar-refractivity contribution in [2.24, 2.45) is 0 Å². The number of aromatic nitrogens is 2. The Morgan fingerprint density at radius 2 is 1.76 bits per heavy atom. The van der Waals surface area contributed by atoms with Crippen LogP contribution in [0.3, 0.4) is 0 Å². The van der Waals surface area contributed by atoms with Crippen molar-refractivity contribution in [1.82, 2.24) is 9.78 Å². The molecule has 5 nitrogen and oxygen atoms in total. The van der Waals surface area contributed by atoms with Crippen LogP contribution in [-0.2, 0) is 6.18 Å². The highest BCUT2D eigenvalue weighted by molar-refractivity contribution is 6.36. The second kappa shape index (κ2) is 8.29. The molecule has 2 atom stereocenters. The average molecular weight is 489 g/mol. The van der Waals surface area contributed by atoms with Crippen molar-refractivity contribution >= 4 is 29.0 Å². The quantitative estimate of drug-likeness (QED) is 0.416. The molecular formula is C21H15ClF6N4O. The Kier molecular flexibility index (Phi) is 5.77. The predicted molar refractivity (Wildman–Crippen MR) is 109 cm³/mol. The molecule has 1 aliphatic heterocycles. The fourth-order valence-corrected chi connectivity index (χ4v) is 3.87. The number of amides is 1. The summed E-state index contributed by atoms with van der Waals surface area (Å²) < 4.78 is 80.8. The zero-order chi connectivity index (χ0) is 24.0. The maximum atomic E-state index is 13.8. The molecule has 0 radical (unpaired) electrons. The Morgan fingerprint density at radius 1 is 1.06 bits per heavy atom. The number of hydrogen-bond acceptors (Lipinski definition) is 3. The SMILES string of the molecule is O=C(Nc1cccc(C(F)(F)F)c1)c1nn2c(c1Cl)N[C@H](c1ccccc1)C[C@@H]2C(F)(F)F. The lowest BCUT2D eigenvalue weighted by Crippen LogP contribution is -2.35. The number of alkyl halides is 6. The number of hydrogen-bond donors (Lipinski definition) is 2. The van der Waals surface area contributed by atoms with E-state index in [1.54, 1.807) is 30.3 Å². The lowest BCUT2D eigenvalue weighted by molar-refractivity contribution is -0.173. The average Bonchev–Trinajstić information content (AvgIpc) is 3.09. The van der Waals surface area contributed by atoms with E-state index in [9.17, 15) is 31.1 Å². The highest BCUT2D eigenvalue weighted by Gasteiger charge is 2.47. The van der Waals surface area contributed by atoms with Crippen molar-refractivity contribution in [3.63, 3.8) is 0 Å². The first-order chi connectivity index (χ1) is 15.4. The molecule has 174 valence electrons. The van der Waals surface area contributed by atoms with Gasteiger partial charge in [-0.2, -0.15) is 31.4 Å². The summed E-state index contributed by atoms with van der Waals surface area (Å²) in [6.07, 6.45) is -9.72. The molecule has 1 aliphatic rings. The van der Waals surface area contributed by atoms with Gasteiger partial charge in [-0.3, -0.25) is 4.79 Å². The lowest BCUT2D eigenvalue weighted by Gasteiger charge is -2.33. The largest absolute Gasteiger partial charge is 0.416 e. The molecule has 2 aromatic carbocycles. The Balaban J connectivity index is 1.68. The molecule has 4 rings (SSSR count). The van der Waals surface area contributed by atoms with Crippen LogP contribution >= 0.6 is 11.6 Å². The van der Waals surface area contributed by atoms with E-state index in [0.29, 0.717) is 16.3 Å². The van der Waals surface area contributed by atoms with Gasteiger partial charge >= 0.3 is 12.4 Å². The normalized spacial score (nSPS) is 18.4. The Morgan fingerprint density at radius 3 is 2.39 bits per heavy atom. The van der Waals surface area contributed by atoms with Crippen LogP contribution < -0.4 is 10.6 Å². The number of halogens is 7. The number of nitrogens with zero attached hydrogens (tertiary/aromatic N) is 2. The Hall–Kier alpha value is -3.21. The van der Waals surface area contributed by atoms with Gasteiger partial charge in [-0.05, 0) is 23.8 Å². The van der Waals surface area contributed by atoms with E-state index in [1.807, 2.05) is 0 Å². The van der Waals surface area contributed by atoms with Crippen molar-refractivity contribution in [3.8, 4) is 0 Å². The van der Waals surface area contributed by atoms with Crippen LogP contribution in [0.25, 0.3) is 0 Å². The Labute approximate surface area is 188 Å². The monoisotopic (exact) mass is 488 g/mol. The van der Waals surface area contributed by atoms with Gasteiger partial charge in [0, 0.05) is 12.1 Å². The van der Waals surface area contributed by atoms with Gasteiger partial charge < -0.3 is 10.6 Å². The summed E-state index contributed by atoms with van der Waals surface area (Å²) >= 11 is 6.22. The highest BCUT2D eigenvalue weighted by atomic mass is 35.5. The fraction of sp³-hybridized carbons (Fsp3) is 0.238. The Bertz CT molecular complexity index is 1180. The van der Waals surface area contributed by atoms with E-state index >= 15 is 0 Å². The molecular weight excluding hydrogens is 474 g/mol. The van der Waals surface area contributed by atoms with Crippen LogP contribution in [0, 0.1) is 0 Å². The number of anilines is 2. The molecule has 0 fully saturated rings. The standard InChI is InChI=1S/C21H15ClF6N4O/c22-16-17(19(33)29-13-8-4-7-12(9-13)20(23,24)25)31-32-15(21(26,27)28)10-14(30-18(16)32)11-5-2-1-3-6-11/h1-9,14-15,30H,10H2,(H,29,33)/t14-,15+/m0/s1. The maximum Gasteiger partial charge on any atom is 0.416 e. The van der Waals surface area contributed by atoms with Gasteiger partial charge in [-0.1, -0.05) is 48.0 Å². The number of fused-ring (bicyclic) bond motifs is 1. The van der Waals surface area contributed by atoms with Gasteiger partial charge in [0.15, 0.2) is 11.7 Å². The molecule has 2 heterocycles. The van der Waals surface area contributed by atoms with E-state index in [0.717, 1.165) is 12.1 Å². The van der Waals surface area contributed by atoms with Gasteiger partial charge in [0.05, 0.1) is 11.6 Å². The molecule has 1 amide bonds. The van der Waals surface area contributed by atoms with E-state index in [1.165, 1.54) is 6.07 Å². The van der Waals surface area contributed by atoms with Gasteiger partial charge in [0.25, 0.3) is 5.91 Å². The van der Waals surface area contributed by atoms with Crippen molar-refractivity contribution in [3.05, 3.63) is 76.4 Å².